The van der Waals surface area contributed by atoms with Gasteiger partial charge in [0.1, 0.15) is 0 Å². The predicted octanol–water partition coefficient (Wildman–Crippen LogP) is 2.30. The van der Waals surface area contributed by atoms with Crippen molar-refractivity contribution in [2.45, 2.75) is 27.3 Å². The quantitative estimate of drug-likeness (QED) is 0.733. The van der Waals surface area contributed by atoms with E-state index in [-0.39, 0.29) is 5.97 Å². The number of aryl methyl sites for hydroxylation is 2. The second kappa shape index (κ2) is 6.40. The fourth-order valence-electron chi connectivity index (χ4n) is 1.70. The Kier molecular flexibility index (Phi) is 5.16. The summed E-state index contributed by atoms with van der Waals surface area (Å²) in [5.41, 5.74) is 3.80. The van der Waals surface area contributed by atoms with Crippen molar-refractivity contribution >= 4 is 5.97 Å². The van der Waals surface area contributed by atoms with Gasteiger partial charge in [-0.3, -0.25) is 9.69 Å². The SMILES string of the molecule is CCOC(=O)CN(C)Cc1ccc(C)c(C)c1. The minimum Gasteiger partial charge on any atom is -0.465 e. The minimum absolute atomic E-state index is 0.168. The number of nitrogens with zero attached hydrogens (tertiary/aromatic N) is 1. The van der Waals surface area contributed by atoms with E-state index in [2.05, 4.69) is 32.0 Å². The van der Waals surface area contributed by atoms with Crippen molar-refractivity contribution in [3.8, 4) is 0 Å². The lowest BCUT2D eigenvalue weighted by Crippen LogP contribution is -2.27. The van der Waals surface area contributed by atoms with Crippen LogP contribution in [0.4, 0.5) is 0 Å². The Bertz CT molecular complexity index is 388. The van der Waals surface area contributed by atoms with Crippen LogP contribution in [-0.2, 0) is 16.1 Å². The maximum atomic E-state index is 11.3. The summed E-state index contributed by atoms with van der Waals surface area (Å²) in [4.78, 5) is 13.3. The molecule has 1 rings (SSSR count). The van der Waals surface area contributed by atoms with E-state index < -0.39 is 0 Å². The van der Waals surface area contributed by atoms with Crippen LogP contribution in [0.25, 0.3) is 0 Å². The Balaban J connectivity index is 2.53. The fraction of sp³-hybridized carbons (Fsp3) is 0.500. The number of carbonyl (C=O) groups excluding carboxylic acids is 1. The first kappa shape index (κ1) is 13.7. The average Bonchev–Trinajstić information content (AvgIpc) is 2.23. The Morgan fingerprint density at radius 3 is 2.59 bits per heavy atom. The normalized spacial score (nSPS) is 10.6. The first-order valence-corrected chi connectivity index (χ1v) is 5.93. The van der Waals surface area contributed by atoms with Gasteiger partial charge in [-0.05, 0) is 44.5 Å². The zero-order chi connectivity index (χ0) is 12.8. The molecule has 94 valence electrons. The number of rotatable bonds is 5. The van der Waals surface area contributed by atoms with Gasteiger partial charge in [-0.1, -0.05) is 18.2 Å². The second-order valence-electron chi connectivity index (χ2n) is 4.40. The summed E-state index contributed by atoms with van der Waals surface area (Å²) < 4.78 is 4.91. The zero-order valence-corrected chi connectivity index (χ0v) is 11.1. The van der Waals surface area contributed by atoms with E-state index in [0.29, 0.717) is 13.2 Å². The van der Waals surface area contributed by atoms with Gasteiger partial charge in [-0.2, -0.15) is 0 Å². The molecule has 1 aromatic carbocycles. The molecule has 0 saturated heterocycles. The van der Waals surface area contributed by atoms with Crippen LogP contribution in [0.1, 0.15) is 23.6 Å². The summed E-state index contributed by atoms with van der Waals surface area (Å²) in [5.74, 6) is -0.168. The molecule has 0 saturated carbocycles. The van der Waals surface area contributed by atoms with E-state index >= 15 is 0 Å². The number of hydrogen-bond acceptors (Lipinski definition) is 3. The van der Waals surface area contributed by atoms with Crippen LogP contribution < -0.4 is 0 Å². The Morgan fingerprint density at radius 2 is 2.00 bits per heavy atom. The molecule has 0 radical (unpaired) electrons. The van der Waals surface area contributed by atoms with Crippen molar-refractivity contribution in [1.29, 1.82) is 0 Å². The zero-order valence-electron chi connectivity index (χ0n) is 11.1. The van der Waals surface area contributed by atoms with Crippen LogP contribution in [0.5, 0.6) is 0 Å². The molecule has 0 atom stereocenters. The van der Waals surface area contributed by atoms with Gasteiger partial charge in [0, 0.05) is 6.54 Å². The maximum absolute atomic E-state index is 11.3. The first-order chi connectivity index (χ1) is 8.02. The molecule has 0 bridgehead atoms. The highest BCUT2D eigenvalue weighted by atomic mass is 16.5. The first-order valence-electron chi connectivity index (χ1n) is 5.93. The van der Waals surface area contributed by atoms with Gasteiger partial charge in [0.2, 0.25) is 0 Å². The van der Waals surface area contributed by atoms with Crippen molar-refractivity contribution < 1.29 is 9.53 Å². The standard InChI is InChI=1S/C14H21NO2/c1-5-17-14(16)10-15(4)9-13-7-6-11(2)12(3)8-13/h6-8H,5,9-10H2,1-4H3. The Labute approximate surface area is 103 Å². The van der Waals surface area contributed by atoms with E-state index in [1.165, 1.54) is 16.7 Å². The molecule has 3 heteroatoms. The van der Waals surface area contributed by atoms with Gasteiger partial charge in [0.05, 0.1) is 13.2 Å². The van der Waals surface area contributed by atoms with Gasteiger partial charge < -0.3 is 4.74 Å². The smallest absolute Gasteiger partial charge is 0.320 e. The van der Waals surface area contributed by atoms with E-state index in [1.54, 1.807) is 0 Å². The molecular weight excluding hydrogens is 214 g/mol. The highest BCUT2D eigenvalue weighted by molar-refractivity contribution is 5.71. The number of likely N-dealkylation sites (N-methyl/N-ethyl adjacent to an activating group) is 1. The Hall–Kier alpha value is -1.35. The van der Waals surface area contributed by atoms with Crippen LogP contribution in [0.3, 0.4) is 0 Å². The topological polar surface area (TPSA) is 29.5 Å². The van der Waals surface area contributed by atoms with E-state index in [4.69, 9.17) is 4.74 Å². The minimum atomic E-state index is -0.168. The number of benzene rings is 1. The highest BCUT2D eigenvalue weighted by Gasteiger charge is 2.07. The monoisotopic (exact) mass is 235 g/mol. The lowest BCUT2D eigenvalue weighted by Gasteiger charge is -2.16. The van der Waals surface area contributed by atoms with Crippen LogP contribution >= 0.6 is 0 Å². The number of esters is 1. The molecule has 0 N–H and O–H groups in total. The summed E-state index contributed by atoms with van der Waals surface area (Å²) in [6.07, 6.45) is 0. The molecule has 0 aromatic heterocycles. The third-order valence-corrected chi connectivity index (χ3v) is 2.73. The lowest BCUT2D eigenvalue weighted by atomic mass is 10.1. The molecule has 0 unspecified atom stereocenters. The molecule has 0 aliphatic heterocycles. The molecule has 17 heavy (non-hydrogen) atoms. The third-order valence-electron chi connectivity index (χ3n) is 2.73. The molecule has 0 aliphatic rings. The summed E-state index contributed by atoms with van der Waals surface area (Å²) in [6, 6.07) is 6.38. The van der Waals surface area contributed by atoms with Crippen molar-refractivity contribution in [2.75, 3.05) is 20.2 Å². The van der Waals surface area contributed by atoms with Gasteiger partial charge in [0.25, 0.3) is 0 Å². The average molecular weight is 235 g/mol. The number of carbonyl (C=O) groups is 1. The summed E-state index contributed by atoms with van der Waals surface area (Å²) in [6.45, 7) is 7.56. The van der Waals surface area contributed by atoms with Crippen LogP contribution in [0.15, 0.2) is 18.2 Å². The molecule has 1 aromatic rings. The summed E-state index contributed by atoms with van der Waals surface area (Å²) >= 11 is 0. The van der Waals surface area contributed by atoms with Crippen LogP contribution in [-0.4, -0.2) is 31.1 Å². The number of ether oxygens (including phenoxy) is 1. The largest absolute Gasteiger partial charge is 0.465 e. The second-order valence-corrected chi connectivity index (χ2v) is 4.40. The van der Waals surface area contributed by atoms with Gasteiger partial charge in [-0.25, -0.2) is 0 Å². The van der Waals surface area contributed by atoms with E-state index in [1.807, 2.05) is 18.9 Å². The van der Waals surface area contributed by atoms with Gasteiger partial charge >= 0.3 is 5.97 Å². The number of hydrogen-bond donors (Lipinski definition) is 0. The summed E-state index contributed by atoms with van der Waals surface area (Å²) in [7, 11) is 1.92. The maximum Gasteiger partial charge on any atom is 0.320 e. The molecular formula is C14H21NO2. The molecule has 0 amide bonds. The van der Waals surface area contributed by atoms with Gasteiger partial charge in [-0.15, -0.1) is 0 Å². The summed E-state index contributed by atoms with van der Waals surface area (Å²) in [5, 5.41) is 0. The molecule has 0 spiro atoms. The Morgan fingerprint density at radius 1 is 1.29 bits per heavy atom. The fourth-order valence-corrected chi connectivity index (χ4v) is 1.70. The lowest BCUT2D eigenvalue weighted by molar-refractivity contribution is -0.144. The van der Waals surface area contributed by atoms with Crippen molar-refractivity contribution in [1.82, 2.24) is 4.90 Å². The third kappa shape index (κ3) is 4.57. The van der Waals surface area contributed by atoms with Crippen molar-refractivity contribution in [3.63, 3.8) is 0 Å². The van der Waals surface area contributed by atoms with Crippen molar-refractivity contribution in [3.05, 3.63) is 34.9 Å². The molecule has 3 nitrogen and oxygen atoms in total. The van der Waals surface area contributed by atoms with E-state index in [0.717, 1.165) is 6.54 Å². The van der Waals surface area contributed by atoms with Crippen LogP contribution in [0, 0.1) is 13.8 Å². The molecule has 0 heterocycles. The predicted molar refractivity (Wildman–Crippen MR) is 68.9 cm³/mol. The van der Waals surface area contributed by atoms with Crippen LogP contribution in [0.2, 0.25) is 0 Å². The highest BCUT2D eigenvalue weighted by Crippen LogP contribution is 2.11. The van der Waals surface area contributed by atoms with E-state index in [9.17, 15) is 4.79 Å². The van der Waals surface area contributed by atoms with Crippen molar-refractivity contribution in [2.24, 2.45) is 0 Å². The van der Waals surface area contributed by atoms with Gasteiger partial charge in [0.15, 0.2) is 0 Å². The molecule has 0 fully saturated rings. The molecule has 0 aliphatic carbocycles.